The van der Waals surface area contributed by atoms with Gasteiger partial charge in [-0.1, -0.05) is 65.8 Å². The average Bonchev–Trinajstić information content (AvgIpc) is 2.57. The average molecular weight is 247 g/mol. The molecule has 0 N–H and O–H groups in total. The van der Waals surface area contributed by atoms with Crippen molar-refractivity contribution in [1.82, 2.24) is 0 Å². The SMILES string of the molecule is CC1(N=[N+]=[N-])c2ccccc2C=Cc2ccccc21. The summed E-state index contributed by atoms with van der Waals surface area (Å²) >= 11 is 0. The Balaban J connectivity index is 2.40. The van der Waals surface area contributed by atoms with Crippen molar-refractivity contribution in [3.8, 4) is 0 Å². The zero-order chi connectivity index (χ0) is 13.3. The first-order valence-electron chi connectivity index (χ1n) is 6.19. The first-order valence-corrected chi connectivity index (χ1v) is 6.19. The highest BCUT2D eigenvalue weighted by Crippen LogP contribution is 2.40. The third kappa shape index (κ3) is 1.72. The van der Waals surface area contributed by atoms with Crippen LogP contribution < -0.4 is 0 Å². The molecule has 0 aromatic heterocycles. The van der Waals surface area contributed by atoms with Crippen molar-refractivity contribution < 1.29 is 0 Å². The molecular formula is C16H13N3. The monoisotopic (exact) mass is 247 g/mol. The van der Waals surface area contributed by atoms with Gasteiger partial charge in [0.05, 0.1) is 5.54 Å². The molecule has 19 heavy (non-hydrogen) atoms. The second-order valence-electron chi connectivity index (χ2n) is 4.77. The van der Waals surface area contributed by atoms with E-state index in [9.17, 15) is 0 Å². The maximum atomic E-state index is 8.96. The summed E-state index contributed by atoms with van der Waals surface area (Å²) in [5.41, 5.74) is 12.5. The highest BCUT2D eigenvalue weighted by Gasteiger charge is 2.32. The molecule has 0 unspecified atom stereocenters. The van der Waals surface area contributed by atoms with E-state index in [1.807, 2.05) is 55.5 Å². The van der Waals surface area contributed by atoms with Crippen LogP contribution in [0, 0.1) is 0 Å². The normalized spacial score (nSPS) is 14.8. The van der Waals surface area contributed by atoms with Gasteiger partial charge in [-0.3, -0.25) is 0 Å². The van der Waals surface area contributed by atoms with Gasteiger partial charge in [0.15, 0.2) is 0 Å². The van der Waals surface area contributed by atoms with Crippen LogP contribution in [-0.4, -0.2) is 0 Å². The molecule has 1 aliphatic rings. The lowest BCUT2D eigenvalue weighted by molar-refractivity contribution is 0.597. The predicted octanol–water partition coefficient (Wildman–Crippen LogP) is 4.74. The van der Waals surface area contributed by atoms with E-state index in [-0.39, 0.29) is 0 Å². The second-order valence-corrected chi connectivity index (χ2v) is 4.77. The van der Waals surface area contributed by atoms with Crippen LogP contribution in [0.25, 0.3) is 22.6 Å². The molecule has 0 saturated carbocycles. The molecule has 0 bridgehead atoms. The molecule has 0 aliphatic heterocycles. The van der Waals surface area contributed by atoms with Crippen molar-refractivity contribution in [2.24, 2.45) is 5.11 Å². The van der Waals surface area contributed by atoms with E-state index in [1.165, 1.54) is 0 Å². The molecule has 0 heterocycles. The number of benzene rings is 2. The van der Waals surface area contributed by atoms with Crippen molar-refractivity contribution in [3.05, 3.63) is 81.2 Å². The van der Waals surface area contributed by atoms with Gasteiger partial charge in [0.25, 0.3) is 0 Å². The predicted molar refractivity (Wildman–Crippen MR) is 77.4 cm³/mol. The second kappa shape index (κ2) is 4.30. The first kappa shape index (κ1) is 11.6. The highest BCUT2D eigenvalue weighted by atomic mass is 15.2. The summed E-state index contributed by atoms with van der Waals surface area (Å²) in [5, 5.41) is 4.10. The minimum atomic E-state index is -0.675. The minimum absolute atomic E-state index is 0.675. The third-order valence-corrected chi connectivity index (χ3v) is 3.66. The van der Waals surface area contributed by atoms with E-state index in [1.54, 1.807) is 0 Å². The van der Waals surface area contributed by atoms with Crippen molar-refractivity contribution in [2.45, 2.75) is 12.5 Å². The number of azide groups is 1. The molecule has 2 aromatic rings. The van der Waals surface area contributed by atoms with Crippen LogP contribution in [-0.2, 0) is 5.54 Å². The summed E-state index contributed by atoms with van der Waals surface area (Å²) in [4.78, 5) is 3.07. The largest absolute Gasteiger partial charge is 0.0971 e. The Labute approximate surface area is 111 Å². The van der Waals surface area contributed by atoms with E-state index in [2.05, 4.69) is 22.2 Å². The zero-order valence-corrected chi connectivity index (χ0v) is 10.6. The van der Waals surface area contributed by atoms with Gasteiger partial charge in [-0.2, -0.15) is 0 Å². The number of rotatable bonds is 1. The van der Waals surface area contributed by atoms with E-state index < -0.39 is 5.54 Å². The number of fused-ring (bicyclic) bond motifs is 2. The lowest BCUT2D eigenvalue weighted by Crippen LogP contribution is -2.21. The van der Waals surface area contributed by atoms with Crippen LogP contribution in [0.5, 0.6) is 0 Å². The molecule has 0 spiro atoms. The van der Waals surface area contributed by atoms with E-state index >= 15 is 0 Å². The van der Waals surface area contributed by atoms with Crippen LogP contribution in [0.1, 0.15) is 29.2 Å². The molecule has 2 aromatic carbocycles. The molecule has 3 heteroatoms. The van der Waals surface area contributed by atoms with Gasteiger partial charge >= 0.3 is 0 Å². The lowest BCUT2D eigenvalue weighted by atomic mass is 9.82. The van der Waals surface area contributed by atoms with Gasteiger partial charge in [0.1, 0.15) is 0 Å². The van der Waals surface area contributed by atoms with Gasteiger partial charge in [-0.05, 0) is 34.7 Å². The Bertz CT molecular complexity index is 660. The number of nitrogens with zero attached hydrogens (tertiary/aromatic N) is 3. The number of hydrogen-bond donors (Lipinski definition) is 0. The van der Waals surface area contributed by atoms with Gasteiger partial charge in [-0.15, -0.1) is 0 Å². The van der Waals surface area contributed by atoms with E-state index in [0.717, 1.165) is 22.3 Å². The Morgan fingerprint density at radius 3 is 1.84 bits per heavy atom. The summed E-state index contributed by atoms with van der Waals surface area (Å²) in [7, 11) is 0. The summed E-state index contributed by atoms with van der Waals surface area (Å²) in [6.07, 6.45) is 4.15. The van der Waals surface area contributed by atoms with Gasteiger partial charge in [0, 0.05) is 4.91 Å². The van der Waals surface area contributed by atoms with Crippen LogP contribution in [0.15, 0.2) is 53.6 Å². The van der Waals surface area contributed by atoms with Crippen LogP contribution in [0.3, 0.4) is 0 Å². The topological polar surface area (TPSA) is 48.8 Å². The molecule has 3 rings (SSSR count). The summed E-state index contributed by atoms with van der Waals surface area (Å²) in [5.74, 6) is 0. The first-order chi connectivity index (χ1) is 9.25. The van der Waals surface area contributed by atoms with Crippen LogP contribution >= 0.6 is 0 Å². The molecular weight excluding hydrogens is 234 g/mol. The quantitative estimate of drug-likeness (QED) is 0.397. The van der Waals surface area contributed by atoms with E-state index in [0.29, 0.717) is 0 Å². The van der Waals surface area contributed by atoms with Crippen LogP contribution in [0.2, 0.25) is 0 Å². The summed E-state index contributed by atoms with van der Waals surface area (Å²) < 4.78 is 0. The minimum Gasteiger partial charge on any atom is -0.0780 e. The fraction of sp³-hybridized carbons (Fsp3) is 0.125. The Kier molecular flexibility index (Phi) is 2.62. The van der Waals surface area contributed by atoms with Crippen molar-refractivity contribution >= 4 is 12.2 Å². The zero-order valence-electron chi connectivity index (χ0n) is 10.6. The fourth-order valence-corrected chi connectivity index (χ4v) is 2.69. The molecule has 0 amide bonds. The number of hydrogen-bond acceptors (Lipinski definition) is 1. The summed E-state index contributed by atoms with van der Waals surface area (Å²) in [6.45, 7) is 1.97. The molecule has 0 saturated heterocycles. The van der Waals surface area contributed by atoms with Gasteiger partial charge in [-0.25, -0.2) is 0 Å². The standard InChI is InChI=1S/C16H13N3/c1-16(18-19-17)14-8-4-2-6-12(14)10-11-13-7-3-5-9-15(13)16/h2-11H,1H3. The molecule has 0 atom stereocenters. The van der Waals surface area contributed by atoms with E-state index in [4.69, 9.17) is 5.53 Å². The van der Waals surface area contributed by atoms with Gasteiger partial charge in [0.2, 0.25) is 0 Å². The van der Waals surface area contributed by atoms with Crippen LogP contribution in [0.4, 0.5) is 0 Å². The molecule has 1 aliphatic carbocycles. The Hall–Kier alpha value is -2.51. The fourth-order valence-electron chi connectivity index (χ4n) is 2.69. The molecule has 92 valence electrons. The lowest BCUT2D eigenvalue weighted by Gasteiger charge is -2.27. The van der Waals surface area contributed by atoms with Gasteiger partial charge < -0.3 is 0 Å². The van der Waals surface area contributed by atoms with Crippen molar-refractivity contribution in [3.63, 3.8) is 0 Å². The Morgan fingerprint density at radius 1 is 0.895 bits per heavy atom. The smallest absolute Gasteiger partial charge is 0.0780 e. The molecule has 3 nitrogen and oxygen atoms in total. The maximum absolute atomic E-state index is 8.96. The third-order valence-electron chi connectivity index (χ3n) is 3.66. The highest BCUT2D eigenvalue weighted by molar-refractivity contribution is 5.77. The van der Waals surface area contributed by atoms with Crippen molar-refractivity contribution in [2.75, 3.05) is 0 Å². The molecule has 0 radical (unpaired) electrons. The van der Waals surface area contributed by atoms with Crippen molar-refractivity contribution in [1.29, 1.82) is 0 Å². The Morgan fingerprint density at radius 2 is 1.37 bits per heavy atom. The maximum Gasteiger partial charge on any atom is 0.0971 e. The summed E-state index contributed by atoms with van der Waals surface area (Å²) in [6, 6.07) is 16.1. The molecule has 0 fully saturated rings.